The predicted molar refractivity (Wildman–Crippen MR) is 99.4 cm³/mol. The molecule has 2 nitrogen and oxygen atoms in total. The van der Waals surface area contributed by atoms with Gasteiger partial charge in [-0.25, -0.2) is 0 Å². The van der Waals surface area contributed by atoms with Crippen LogP contribution in [0, 0.1) is 23.7 Å². The second kappa shape index (κ2) is 10.6. The van der Waals surface area contributed by atoms with E-state index < -0.39 is 0 Å². The first-order valence-corrected chi connectivity index (χ1v) is 10.0. The van der Waals surface area contributed by atoms with E-state index in [2.05, 4.69) is 37.6 Å². The molecule has 22 heavy (non-hydrogen) atoms. The Morgan fingerprint density at radius 2 is 1.68 bits per heavy atom. The van der Waals surface area contributed by atoms with Crippen LogP contribution in [0.25, 0.3) is 0 Å². The second-order valence-electron chi connectivity index (χ2n) is 7.64. The van der Waals surface area contributed by atoms with E-state index in [1.54, 1.807) is 0 Å². The average molecular weight is 311 g/mol. The Morgan fingerprint density at radius 1 is 1.05 bits per heavy atom. The average Bonchev–Trinajstić information content (AvgIpc) is 2.55. The maximum Gasteiger partial charge on any atom is 0.000663 e. The molecule has 0 aromatic rings. The van der Waals surface area contributed by atoms with Gasteiger partial charge < -0.3 is 9.80 Å². The molecule has 2 aliphatic rings. The van der Waals surface area contributed by atoms with Crippen LogP contribution in [0.15, 0.2) is 0 Å². The van der Waals surface area contributed by atoms with E-state index in [0.29, 0.717) is 0 Å². The molecule has 1 unspecified atom stereocenters. The summed E-state index contributed by atoms with van der Waals surface area (Å²) in [6.07, 6.45) is 7.09. The van der Waals surface area contributed by atoms with Crippen molar-refractivity contribution in [2.24, 2.45) is 23.7 Å². The summed E-state index contributed by atoms with van der Waals surface area (Å²) in [6, 6.07) is 0. The Morgan fingerprint density at radius 3 is 2.23 bits per heavy atom. The molecule has 0 radical (unpaired) electrons. The SMILES string of the molecule is CC.CCC(C)C1CCN(CC[C@@H]2CCN(C)C[C@H]2C)CC1. The van der Waals surface area contributed by atoms with Crippen LogP contribution in [0.1, 0.15) is 66.7 Å². The van der Waals surface area contributed by atoms with Crippen molar-refractivity contribution >= 4 is 0 Å². The van der Waals surface area contributed by atoms with E-state index in [1.807, 2.05) is 13.8 Å². The molecule has 2 heteroatoms. The molecule has 0 saturated carbocycles. The van der Waals surface area contributed by atoms with Crippen molar-refractivity contribution in [1.29, 1.82) is 0 Å². The van der Waals surface area contributed by atoms with Crippen molar-refractivity contribution in [3.8, 4) is 0 Å². The molecule has 132 valence electrons. The first-order valence-electron chi connectivity index (χ1n) is 10.0. The summed E-state index contributed by atoms with van der Waals surface area (Å²) < 4.78 is 0. The van der Waals surface area contributed by atoms with E-state index in [9.17, 15) is 0 Å². The summed E-state index contributed by atoms with van der Waals surface area (Å²) >= 11 is 0. The number of nitrogens with zero attached hydrogens (tertiary/aromatic N) is 2. The molecule has 3 atom stereocenters. The Balaban J connectivity index is 0.00000116. The lowest BCUT2D eigenvalue weighted by Crippen LogP contribution is -2.40. The fourth-order valence-corrected chi connectivity index (χ4v) is 4.26. The monoisotopic (exact) mass is 310 g/mol. The number of hydrogen-bond donors (Lipinski definition) is 0. The summed E-state index contributed by atoms with van der Waals surface area (Å²) in [4.78, 5) is 5.24. The maximum absolute atomic E-state index is 2.74. The van der Waals surface area contributed by atoms with Crippen LogP contribution in [0.4, 0.5) is 0 Å². The van der Waals surface area contributed by atoms with Crippen molar-refractivity contribution in [3.05, 3.63) is 0 Å². The van der Waals surface area contributed by atoms with Crippen LogP contribution >= 0.6 is 0 Å². The van der Waals surface area contributed by atoms with Gasteiger partial charge in [-0.15, -0.1) is 0 Å². The zero-order valence-electron chi connectivity index (χ0n) is 16.3. The minimum atomic E-state index is 0.895. The molecule has 0 amide bonds. The van der Waals surface area contributed by atoms with E-state index >= 15 is 0 Å². The molecule has 2 saturated heterocycles. The molecular formula is C20H42N2. The smallest absolute Gasteiger partial charge is 0.000663 e. The maximum atomic E-state index is 2.74. The first kappa shape index (κ1) is 20.0. The molecule has 2 rings (SSSR count). The van der Waals surface area contributed by atoms with Gasteiger partial charge in [0.25, 0.3) is 0 Å². The standard InChI is InChI=1S/C18H36N2.C2H6/c1-5-15(2)17-7-11-20(12-8-17)13-9-18-6-10-19(4)14-16(18)3;1-2/h15-18H,5-14H2,1-4H3;1-2H3/t15?,16-,18+;/m1./s1. The largest absolute Gasteiger partial charge is 0.306 e. The summed E-state index contributed by atoms with van der Waals surface area (Å²) in [6.45, 7) is 17.9. The van der Waals surface area contributed by atoms with E-state index in [1.165, 1.54) is 64.8 Å². The van der Waals surface area contributed by atoms with Crippen LogP contribution in [-0.2, 0) is 0 Å². The predicted octanol–water partition coefficient (Wildman–Crippen LogP) is 4.75. The molecule has 0 N–H and O–H groups in total. The van der Waals surface area contributed by atoms with Crippen molar-refractivity contribution in [2.45, 2.75) is 66.7 Å². The molecule has 2 fully saturated rings. The van der Waals surface area contributed by atoms with Gasteiger partial charge in [-0.2, -0.15) is 0 Å². The first-order chi connectivity index (χ1) is 10.6. The van der Waals surface area contributed by atoms with Gasteiger partial charge in [0.05, 0.1) is 0 Å². The van der Waals surface area contributed by atoms with Crippen molar-refractivity contribution in [1.82, 2.24) is 9.80 Å². The van der Waals surface area contributed by atoms with Crippen LogP contribution in [0.5, 0.6) is 0 Å². The van der Waals surface area contributed by atoms with Crippen molar-refractivity contribution < 1.29 is 0 Å². The molecule has 0 aromatic carbocycles. The Hall–Kier alpha value is -0.0800. The third-order valence-corrected chi connectivity index (χ3v) is 6.18. The van der Waals surface area contributed by atoms with Gasteiger partial charge in [-0.3, -0.25) is 0 Å². The highest BCUT2D eigenvalue weighted by Gasteiger charge is 2.26. The van der Waals surface area contributed by atoms with Gasteiger partial charge in [0, 0.05) is 6.54 Å². The highest BCUT2D eigenvalue weighted by atomic mass is 15.1. The van der Waals surface area contributed by atoms with Gasteiger partial charge in [0.1, 0.15) is 0 Å². The summed E-state index contributed by atoms with van der Waals surface area (Å²) in [5.41, 5.74) is 0. The van der Waals surface area contributed by atoms with E-state index in [4.69, 9.17) is 0 Å². The van der Waals surface area contributed by atoms with Crippen molar-refractivity contribution in [2.75, 3.05) is 39.8 Å². The lowest BCUT2D eigenvalue weighted by Gasteiger charge is -2.38. The fourth-order valence-electron chi connectivity index (χ4n) is 4.26. The highest BCUT2D eigenvalue weighted by molar-refractivity contribution is 4.79. The molecule has 0 bridgehead atoms. The van der Waals surface area contributed by atoms with Crippen LogP contribution in [-0.4, -0.2) is 49.6 Å². The Labute approximate surface area is 140 Å². The van der Waals surface area contributed by atoms with Crippen LogP contribution in [0.3, 0.4) is 0 Å². The highest BCUT2D eigenvalue weighted by Crippen LogP contribution is 2.29. The quantitative estimate of drug-likeness (QED) is 0.723. The van der Waals surface area contributed by atoms with Gasteiger partial charge >= 0.3 is 0 Å². The molecule has 2 aliphatic heterocycles. The number of piperidine rings is 2. The topological polar surface area (TPSA) is 6.48 Å². The third kappa shape index (κ3) is 6.20. The number of hydrogen-bond acceptors (Lipinski definition) is 2. The summed E-state index contributed by atoms with van der Waals surface area (Å²) in [7, 11) is 2.27. The normalized spacial score (nSPS) is 29.7. The molecule has 0 aliphatic carbocycles. The van der Waals surface area contributed by atoms with Gasteiger partial charge in [-0.05, 0) is 82.6 Å². The molecule has 0 spiro atoms. The molecule has 2 heterocycles. The number of rotatable bonds is 5. The zero-order valence-corrected chi connectivity index (χ0v) is 16.3. The van der Waals surface area contributed by atoms with Gasteiger partial charge in [0.15, 0.2) is 0 Å². The zero-order chi connectivity index (χ0) is 16.5. The van der Waals surface area contributed by atoms with E-state index in [-0.39, 0.29) is 0 Å². The summed E-state index contributed by atoms with van der Waals surface area (Å²) in [5, 5.41) is 0. The fraction of sp³-hybridized carbons (Fsp3) is 1.00. The van der Waals surface area contributed by atoms with Crippen LogP contribution in [0.2, 0.25) is 0 Å². The lowest BCUT2D eigenvalue weighted by molar-refractivity contribution is 0.111. The Bertz CT molecular complexity index is 271. The second-order valence-corrected chi connectivity index (χ2v) is 7.64. The number of likely N-dealkylation sites (tertiary alicyclic amines) is 2. The van der Waals surface area contributed by atoms with Gasteiger partial charge in [0.2, 0.25) is 0 Å². The molecule has 0 aromatic heterocycles. The Kier molecular flexibility index (Phi) is 9.66. The van der Waals surface area contributed by atoms with Crippen molar-refractivity contribution in [3.63, 3.8) is 0 Å². The lowest BCUT2D eigenvalue weighted by atomic mass is 9.82. The molecular weight excluding hydrogens is 268 g/mol. The minimum absolute atomic E-state index is 0.895. The van der Waals surface area contributed by atoms with E-state index in [0.717, 1.165) is 23.7 Å². The third-order valence-electron chi connectivity index (χ3n) is 6.18. The van der Waals surface area contributed by atoms with Gasteiger partial charge in [-0.1, -0.05) is 41.0 Å². The van der Waals surface area contributed by atoms with Crippen LogP contribution < -0.4 is 0 Å². The minimum Gasteiger partial charge on any atom is -0.306 e. The summed E-state index contributed by atoms with van der Waals surface area (Å²) in [5.74, 6) is 3.80.